The number of benzene rings is 1. The Hall–Kier alpha value is -2.42. The van der Waals surface area contributed by atoms with Gasteiger partial charge in [0, 0.05) is 31.6 Å². The Balaban J connectivity index is 1.72. The number of aromatic nitrogens is 1. The molecule has 0 N–H and O–H groups in total. The number of amides is 1. The summed E-state index contributed by atoms with van der Waals surface area (Å²) >= 11 is 0. The maximum Gasteiger partial charge on any atom is 0.246 e. The lowest BCUT2D eigenvalue weighted by atomic mass is 10.0. The van der Waals surface area contributed by atoms with Gasteiger partial charge in [-0.3, -0.25) is 9.78 Å². The van der Waals surface area contributed by atoms with Crippen molar-refractivity contribution in [2.75, 3.05) is 6.54 Å². The fourth-order valence-corrected chi connectivity index (χ4v) is 2.83. The van der Waals surface area contributed by atoms with Crippen LogP contribution in [0.4, 0.5) is 0 Å². The molecule has 2 aromatic rings. The van der Waals surface area contributed by atoms with Crippen molar-refractivity contribution < 1.29 is 4.79 Å². The third-order valence-electron chi connectivity index (χ3n) is 3.98. The summed E-state index contributed by atoms with van der Waals surface area (Å²) in [6.07, 6.45) is 9.15. The lowest BCUT2D eigenvalue weighted by Crippen LogP contribution is -2.28. The first-order chi connectivity index (χ1) is 10.7. The van der Waals surface area contributed by atoms with Gasteiger partial charge in [0.1, 0.15) is 0 Å². The second kappa shape index (κ2) is 6.56. The van der Waals surface area contributed by atoms with Gasteiger partial charge in [-0.15, -0.1) is 0 Å². The second-order valence-corrected chi connectivity index (χ2v) is 5.76. The number of hydrogen-bond acceptors (Lipinski definition) is 2. The lowest BCUT2D eigenvalue weighted by Gasteiger charge is -2.19. The zero-order valence-corrected chi connectivity index (χ0v) is 12.8. The first kappa shape index (κ1) is 14.5. The van der Waals surface area contributed by atoms with Crippen LogP contribution in [0.5, 0.6) is 0 Å². The van der Waals surface area contributed by atoms with Crippen LogP contribution in [-0.2, 0) is 17.8 Å². The van der Waals surface area contributed by atoms with E-state index in [-0.39, 0.29) is 5.91 Å². The first-order valence-corrected chi connectivity index (χ1v) is 7.68. The van der Waals surface area contributed by atoms with Crippen LogP contribution in [0.2, 0.25) is 0 Å². The first-order valence-electron chi connectivity index (χ1n) is 7.68. The molecule has 0 fully saturated rings. The maximum absolute atomic E-state index is 12.4. The summed E-state index contributed by atoms with van der Waals surface area (Å²) < 4.78 is 0. The zero-order chi connectivity index (χ0) is 15.4. The summed E-state index contributed by atoms with van der Waals surface area (Å²) in [7, 11) is 0. The minimum atomic E-state index is 0.0678. The van der Waals surface area contributed by atoms with E-state index >= 15 is 0 Å². The number of aryl methyl sites for hydroxylation is 2. The Morgan fingerprint density at radius 2 is 2.05 bits per heavy atom. The van der Waals surface area contributed by atoms with E-state index < -0.39 is 0 Å². The average Bonchev–Trinajstić information content (AvgIpc) is 2.75. The molecule has 112 valence electrons. The number of carbonyl (C=O) groups is 1. The predicted octanol–water partition coefficient (Wildman–Crippen LogP) is 3.38. The van der Waals surface area contributed by atoms with Crippen LogP contribution >= 0.6 is 0 Å². The smallest absolute Gasteiger partial charge is 0.246 e. The molecule has 0 aliphatic carbocycles. The highest BCUT2D eigenvalue weighted by Crippen LogP contribution is 2.18. The number of rotatable bonds is 2. The summed E-state index contributed by atoms with van der Waals surface area (Å²) in [5, 5.41) is 0. The van der Waals surface area contributed by atoms with Crippen molar-refractivity contribution in [1.82, 2.24) is 9.88 Å². The van der Waals surface area contributed by atoms with E-state index in [0.29, 0.717) is 6.54 Å². The quantitative estimate of drug-likeness (QED) is 0.795. The number of nitrogens with zero attached hydrogens (tertiary/aromatic N) is 2. The van der Waals surface area contributed by atoms with E-state index in [1.54, 1.807) is 12.3 Å². The van der Waals surface area contributed by atoms with Crippen LogP contribution in [0.3, 0.4) is 0 Å². The molecular formula is C19H20N2O. The molecule has 2 heterocycles. The second-order valence-electron chi connectivity index (χ2n) is 5.76. The van der Waals surface area contributed by atoms with E-state index in [2.05, 4.69) is 23.2 Å². The molecule has 3 heteroatoms. The lowest BCUT2D eigenvalue weighted by molar-refractivity contribution is -0.126. The van der Waals surface area contributed by atoms with Crippen molar-refractivity contribution in [2.45, 2.75) is 26.3 Å². The average molecular weight is 292 g/mol. The minimum Gasteiger partial charge on any atom is -0.335 e. The number of fused-ring (bicyclic) bond motifs is 1. The van der Waals surface area contributed by atoms with E-state index in [0.717, 1.165) is 30.5 Å². The standard InChI is InChI=1S/C19H20N2O/c1-15-11-16(13-20-12-15)8-9-19(22)21-10-4-7-17-5-2-3-6-18(17)14-21/h2-3,5-6,8-9,11-13H,4,7,10,14H2,1H3/b9-8+. The summed E-state index contributed by atoms with van der Waals surface area (Å²) in [5.41, 5.74) is 4.69. The fraction of sp³-hybridized carbons (Fsp3) is 0.263. The molecule has 22 heavy (non-hydrogen) atoms. The van der Waals surface area contributed by atoms with E-state index in [1.807, 2.05) is 36.2 Å². The molecule has 3 rings (SSSR count). The number of carbonyl (C=O) groups excluding carboxylic acids is 1. The van der Waals surface area contributed by atoms with Gasteiger partial charge in [0.15, 0.2) is 0 Å². The van der Waals surface area contributed by atoms with Crippen molar-refractivity contribution in [3.63, 3.8) is 0 Å². The zero-order valence-electron chi connectivity index (χ0n) is 12.8. The molecule has 1 aliphatic heterocycles. The highest BCUT2D eigenvalue weighted by Gasteiger charge is 2.16. The van der Waals surface area contributed by atoms with Gasteiger partial charge in [-0.1, -0.05) is 24.3 Å². The van der Waals surface area contributed by atoms with Crippen molar-refractivity contribution in [3.8, 4) is 0 Å². The van der Waals surface area contributed by atoms with Crippen molar-refractivity contribution >= 4 is 12.0 Å². The third kappa shape index (κ3) is 3.42. The molecule has 0 spiro atoms. The summed E-state index contributed by atoms with van der Waals surface area (Å²) in [6, 6.07) is 10.4. The van der Waals surface area contributed by atoms with E-state index in [9.17, 15) is 4.79 Å². The van der Waals surface area contributed by atoms with E-state index in [4.69, 9.17) is 0 Å². The highest BCUT2D eigenvalue weighted by atomic mass is 16.2. The Labute approximate surface area is 131 Å². The molecule has 0 atom stereocenters. The van der Waals surface area contributed by atoms with Crippen LogP contribution in [0.25, 0.3) is 6.08 Å². The maximum atomic E-state index is 12.4. The molecule has 3 nitrogen and oxygen atoms in total. The van der Waals surface area contributed by atoms with Gasteiger partial charge in [-0.05, 0) is 54.2 Å². The molecule has 0 radical (unpaired) electrons. The van der Waals surface area contributed by atoms with Gasteiger partial charge in [0.25, 0.3) is 0 Å². The predicted molar refractivity (Wildman–Crippen MR) is 88.2 cm³/mol. The van der Waals surface area contributed by atoms with Crippen LogP contribution in [0.1, 0.15) is 28.7 Å². The topological polar surface area (TPSA) is 33.2 Å². The highest BCUT2D eigenvalue weighted by molar-refractivity contribution is 5.91. The van der Waals surface area contributed by atoms with E-state index in [1.165, 1.54) is 11.1 Å². The normalized spacial score (nSPS) is 14.7. The molecule has 0 saturated heterocycles. The van der Waals surface area contributed by atoms with Gasteiger partial charge in [-0.2, -0.15) is 0 Å². The number of pyridine rings is 1. The molecule has 1 aromatic heterocycles. The Morgan fingerprint density at radius 1 is 1.23 bits per heavy atom. The summed E-state index contributed by atoms with van der Waals surface area (Å²) in [4.78, 5) is 18.5. The van der Waals surface area contributed by atoms with Crippen molar-refractivity contribution in [3.05, 3.63) is 71.1 Å². The third-order valence-corrected chi connectivity index (χ3v) is 3.98. The van der Waals surface area contributed by atoms with Crippen LogP contribution < -0.4 is 0 Å². The van der Waals surface area contributed by atoms with Crippen LogP contribution in [0, 0.1) is 6.92 Å². The molecule has 1 aromatic carbocycles. The van der Waals surface area contributed by atoms with Crippen molar-refractivity contribution in [1.29, 1.82) is 0 Å². The molecule has 0 saturated carbocycles. The van der Waals surface area contributed by atoms with Crippen LogP contribution in [0.15, 0.2) is 48.8 Å². The summed E-state index contributed by atoms with van der Waals surface area (Å²) in [6.45, 7) is 3.51. The Bertz CT molecular complexity index is 706. The van der Waals surface area contributed by atoms with Gasteiger partial charge in [-0.25, -0.2) is 0 Å². The molecule has 0 unspecified atom stereocenters. The molecule has 1 amide bonds. The largest absolute Gasteiger partial charge is 0.335 e. The monoisotopic (exact) mass is 292 g/mol. The fourth-order valence-electron chi connectivity index (χ4n) is 2.83. The molecule has 1 aliphatic rings. The molecular weight excluding hydrogens is 272 g/mol. The van der Waals surface area contributed by atoms with Gasteiger partial charge < -0.3 is 4.90 Å². The van der Waals surface area contributed by atoms with Crippen molar-refractivity contribution in [2.24, 2.45) is 0 Å². The van der Waals surface area contributed by atoms with Gasteiger partial charge in [0.05, 0.1) is 0 Å². The van der Waals surface area contributed by atoms with Gasteiger partial charge in [0.2, 0.25) is 5.91 Å². The summed E-state index contributed by atoms with van der Waals surface area (Å²) in [5.74, 6) is 0.0678. The minimum absolute atomic E-state index is 0.0678. The van der Waals surface area contributed by atoms with Crippen LogP contribution in [-0.4, -0.2) is 22.3 Å². The van der Waals surface area contributed by atoms with Gasteiger partial charge >= 0.3 is 0 Å². The SMILES string of the molecule is Cc1cncc(/C=C/C(=O)N2CCCc3ccccc3C2)c1. The number of hydrogen-bond donors (Lipinski definition) is 0. The Kier molecular flexibility index (Phi) is 4.33. The molecule has 0 bridgehead atoms. The Morgan fingerprint density at radius 3 is 2.86 bits per heavy atom.